The van der Waals surface area contributed by atoms with Gasteiger partial charge in [0.1, 0.15) is 5.75 Å². The second kappa shape index (κ2) is 6.33. The summed E-state index contributed by atoms with van der Waals surface area (Å²) in [7, 11) is 0.423. The van der Waals surface area contributed by atoms with Crippen molar-refractivity contribution in [1.29, 1.82) is 0 Å². The molecular weight excluding hydrogens is 260 g/mol. The number of rotatable bonds is 5. The van der Waals surface area contributed by atoms with Gasteiger partial charge < -0.3 is 10.5 Å². The smallest absolute Gasteiger partial charge is 0.120 e. The summed E-state index contributed by atoms with van der Waals surface area (Å²) in [6.07, 6.45) is 2.39. The van der Waals surface area contributed by atoms with Gasteiger partial charge in [-0.25, -0.2) is 0 Å². The van der Waals surface area contributed by atoms with Crippen molar-refractivity contribution < 1.29 is 8.95 Å². The van der Waals surface area contributed by atoms with E-state index >= 15 is 0 Å². The van der Waals surface area contributed by atoms with E-state index in [9.17, 15) is 4.21 Å². The molecule has 2 aromatic rings. The first-order chi connectivity index (χ1) is 9.20. The zero-order valence-corrected chi connectivity index (χ0v) is 11.5. The lowest BCUT2D eigenvalue weighted by atomic mass is 10.3. The lowest BCUT2D eigenvalue weighted by Gasteiger charge is -2.08. The molecule has 1 atom stereocenters. The van der Waals surface area contributed by atoms with E-state index in [2.05, 4.69) is 4.98 Å². The Hall–Kier alpha value is -1.88. The Kier molecular flexibility index (Phi) is 4.52. The third-order valence-electron chi connectivity index (χ3n) is 2.74. The summed E-state index contributed by atoms with van der Waals surface area (Å²) < 4.78 is 17.4. The van der Waals surface area contributed by atoms with Gasteiger partial charge in [-0.15, -0.1) is 0 Å². The number of benzene rings is 1. The van der Waals surface area contributed by atoms with E-state index in [0.717, 1.165) is 5.69 Å². The van der Waals surface area contributed by atoms with Gasteiger partial charge >= 0.3 is 0 Å². The Morgan fingerprint density at radius 2 is 2.16 bits per heavy atom. The minimum absolute atomic E-state index is 0.494. The summed E-state index contributed by atoms with van der Waals surface area (Å²) in [6.45, 7) is 0. The molecule has 0 bridgehead atoms. The Balaban J connectivity index is 2.08. The van der Waals surface area contributed by atoms with Crippen molar-refractivity contribution in [3.8, 4) is 5.75 Å². The van der Waals surface area contributed by atoms with E-state index in [1.165, 1.54) is 0 Å². The van der Waals surface area contributed by atoms with Crippen molar-refractivity contribution in [2.24, 2.45) is 0 Å². The lowest BCUT2D eigenvalue weighted by Crippen LogP contribution is -2.05. The monoisotopic (exact) mass is 276 g/mol. The van der Waals surface area contributed by atoms with Crippen LogP contribution in [0.4, 0.5) is 5.69 Å². The number of ether oxygens (including phenoxy) is 1. The molecule has 0 aliphatic heterocycles. The van der Waals surface area contributed by atoms with Crippen LogP contribution in [0, 0.1) is 0 Å². The molecular formula is C14H16N2O2S. The molecule has 5 heteroatoms. The molecule has 4 nitrogen and oxygen atoms in total. The van der Waals surface area contributed by atoms with Crippen LogP contribution < -0.4 is 10.5 Å². The van der Waals surface area contributed by atoms with E-state index in [1.54, 1.807) is 31.5 Å². The number of pyridine rings is 1. The van der Waals surface area contributed by atoms with E-state index in [1.807, 2.05) is 18.2 Å². The number of anilines is 1. The Labute approximate surface area is 115 Å². The van der Waals surface area contributed by atoms with E-state index in [0.29, 0.717) is 28.5 Å². The van der Waals surface area contributed by atoms with Gasteiger partial charge in [0.25, 0.3) is 0 Å². The van der Waals surface area contributed by atoms with Gasteiger partial charge in [-0.3, -0.25) is 9.19 Å². The first kappa shape index (κ1) is 13.5. The van der Waals surface area contributed by atoms with Crippen molar-refractivity contribution >= 4 is 16.5 Å². The van der Waals surface area contributed by atoms with E-state index in [-0.39, 0.29) is 0 Å². The summed E-state index contributed by atoms with van der Waals surface area (Å²) in [6, 6.07) is 10.9. The fourth-order valence-electron chi connectivity index (χ4n) is 1.69. The second-order valence-electron chi connectivity index (χ2n) is 4.02. The summed E-state index contributed by atoms with van der Waals surface area (Å²) in [5, 5.41) is 0. The second-order valence-corrected chi connectivity index (χ2v) is 5.56. The molecule has 0 aliphatic rings. The number of aryl methyl sites for hydroxylation is 1. The first-order valence-corrected chi connectivity index (χ1v) is 7.24. The number of nitrogen functional groups attached to an aromatic ring is 1. The highest BCUT2D eigenvalue weighted by molar-refractivity contribution is 7.85. The van der Waals surface area contributed by atoms with Crippen LogP contribution in [0.25, 0.3) is 0 Å². The quantitative estimate of drug-likeness (QED) is 0.849. The van der Waals surface area contributed by atoms with Crippen LogP contribution in [-0.2, 0) is 17.2 Å². The number of nitrogens with zero attached hydrogens (tertiary/aromatic N) is 1. The van der Waals surface area contributed by atoms with Crippen molar-refractivity contribution in [3.05, 3.63) is 48.3 Å². The standard InChI is InChI=1S/C14H16N2O2S/c1-18-12-5-6-13(15)14(10-12)19(17)9-7-11-4-2-3-8-16-11/h2-6,8,10H,7,9,15H2,1H3. The SMILES string of the molecule is COc1ccc(N)c(S(=O)CCc2ccccn2)c1. The molecule has 19 heavy (non-hydrogen) atoms. The molecule has 0 spiro atoms. The number of nitrogens with two attached hydrogens (primary N) is 1. The molecule has 0 fully saturated rings. The molecule has 0 saturated heterocycles. The van der Waals surface area contributed by atoms with Gasteiger partial charge in [-0.05, 0) is 30.3 Å². The average Bonchev–Trinajstić information content (AvgIpc) is 2.46. The summed E-state index contributed by atoms with van der Waals surface area (Å²) >= 11 is 0. The third-order valence-corrected chi connectivity index (χ3v) is 4.15. The Morgan fingerprint density at radius 1 is 1.32 bits per heavy atom. The molecule has 0 radical (unpaired) electrons. The summed E-state index contributed by atoms with van der Waals surface area (Å²) in [4.78, 5) is 4.83. The maximum Gasteiger partial charge on any atom is 0.120 e. The number of hydrogen-bond donors (Lipinski definition) is 1. The predicted molar refractivity (Wildman–Crippen MR) is 76.6 cm³/mol. The average molecular weight is 276 g/mol. The molecule has 0 aliphatic carbocycles. The zero-order chi connectivity index (χ0) is 13.7. The van der Waals surface area contributed by atoms with Crippen LogP contribution >= 0.6 is 0 Å². The van der Waals surface area contributed by atoms with Gasteiger partial charge in [-0.1, -0.05) is 6.07 Å². The molecule has 1 unspecified atom stereocenters. The maximum atomic E-state index is 12.3. The summed E-state index contributed by atoms with van der Waals surface area (Å²) in [5.41, 5.74) is 7.31. The van der Waals surface area contributed by atoms with Crippen molar-refractivity contribution in [2.75, 3.05) is 18.6 Å². The van der Waals surface area contributed by atoms with E-state index < -0.39 is 10.8 Å². The van der Waals surface area contributed by atoms with Gasteiger partial charge in [0.15, 0.2) is 0 Å². The minimum Gasteiger partial charge on any atom is -0.497 e. The summed E-state index contributed by atoms with van der Waals surface area (Å²) in [5.74, 6) is 1.16. The van der Waals surface area contributed by atoms with Gasteiger partial charge in [0.05, 0.1) is 22.8 Å². The van der Waals surface area contributed by atoms with Crippen molar-refractivity contribution in [2.45, 2.75) is 11.3 Å². The van der Waals surface area contributed by atoms with Gasteiger partial charge in [-0.2, -0.15) is 0 Å². The highest BCUT2D eigenvalue weighted by Gasteiger charge is 2.10. The highest BCUT2D eigenvalue weighted by atomic mass is 32.2. The molecule has 2 N–H and O–H groups in total. The fraction of sp³-hybridized carbons (Fsp3) is 0.214. The van der Waals surface area contributed by atoms with Crippen molar-refractivity contribution in [3.63, 3.8) is 0 Å². The topological polar surface area (TPSA) is 65.2 Å². The number of hydrogen-bond acceptors (Lipinski definition) is 4. The Morgan fingerprint density at radius 3 is 2.84 bits per heavy atom. The predicted octanol–water partition coefficient (Wildman–Crippen LogP) is 2.02. The molecule has 2 rings (SSSR count). The van der Waals surface area contributed by atoms with Crippen LogP contribution in [0.5, 0.6) is 5.75 Å². The molecule has 1 aromatic heterocycles. The molecule has 1 aromatic carbocycles. The first-order valence-electron chi connectivity index (χ1n) is 5.92. The lowest BCUT2D eigenvalue weighted by molar-refractivity contribution is 0.413. The fourth-order valence-corrected chi connectivity index (χ4v) is 2.89. The largest absolute Gasteiger partial charge is 0.497 e. The van der Waals surface area contributed by atoms with Gasteiger partial charge in [0, 0.05) is 29.8 Å². The van der Waals surface area contributed by atoms with Crippen LogP contribution in [0.2, 0.25) is 0 Å². The molecule has 0 amide bonds. The van der Waals surface area contributed by atoms with Crippen LogP contribution in [0.15, 0.2) is 47.5 Å². The third kappa shape index (κ3) is 3.54. The number of methoxy groups -OCH3 is 1. The highest BCUT2D eigenvalue weighted by Crippen LogP contribution is 2.23. The van der Waals surface area contributed by atoms with E-state index in [4.69, 9.17) is 10.5 Å². The van der Waals surface area contributed by atoms with Gasteiger partial charge in [0.2, 0.25) is 0 Å². The van der Waals surface area contributed by atoms with Crippen LogP contribution in [-0.4, -0.2) is 22.1 Å². The maximum absolute atomic E-state index is 12.3. The zero-order valence-electron chi connectivity index (χ0n) is 10.7. The Bertz CT molecular complexity index is 573. The van der Waals surface area contributed by atoms with Crippen LogP contribution in [0.3, 0.4) is 0 Å². The molecule has 0 saturated carbocycles. The number of aromatic nitrogens is 1. The normalized spacial score (nSPS) is 12.1. The minimum atomic E-state index is -1.15. The van der Waals surface area contributed by atoms with Crippen LogP contribution in [0.1, 0.15) is 5.69 Å². The molecule has 1 heterocycles. The van der Waals surface area contributed by atoms with Crippen molar-refractivity contribution in [1.82, 2.24) is 4.98 Å². The molecule has 100 valence electrons.